The Morgan fingerprint density at radius 2 is 1.75 bits per heavy atom. The molecule has 0 atom stereocenters. The van der Waals surface area contributed by atoms with E-state index in [2.05, 4.69) is 15.3 Å². The van der Waals surface area contributed by atoms with Crippen LogP contribution in [0, 0.1) is 0 Å². The Labute approximate surface area is 188 Å². The van der Waals surface area contributed by atoms with Crippen LogP contribution in [0.5, 0.6) is 5.88 Å². The third kappa shape index (κ3) is 5.95. The molecule has 10 nitrogen and oxygen atoms in total. The van der Waals surface area contributed by atoms with Crippen LogP contribution in [0.2, 0.25) is 0 Å². The van der Waals surface area contributed by atoms with Gasteiger partial charge in [0, 0.05) is 16.7 Å². The second-order valence-corrected chi connectivity index (χ2v) is 8.89. The molecule has 0 aliphatic rings. The van der Waals surface area contributed by atoms with Gasteiger partial charge in [-0.2, -0.15) is 4.98 Å². The van der Waals surface area contributed by atoms with Crippen molar-refractivity contribution in [3.8, 4) is 5.88 Å². The molecule has 32 heavy (non-hydrogen) atoms. The fourth-order valence-electron chi connectivity index (χ4n) is 2.56. The molecule has 0 spiro atoms. The summed E-state index contributed by atoms with van der Waals surface area (Å²) in [6.07, 6.45) is 0. The minimum absolute atomic E-state index is 0.174. The van der Waals surface area contributed by atoms with E-state index in [0.717, 1.165) is 17.0 Å². The molecule has 0 aliphatic heterocycles. The number of carboxylic acids is 1. The molecule has 166 valence electrons. The highest BCUT2D eigenvalue weighted by Crippen LogP contribution is 2.23. The maximum absolute atomic E-state index is 12.5. The number of carbonyl (C=O) groups is 2. The lowest BCUT2D eigenvalue weighted by molar-refractivity contribution is 0.0692. The number of anilines is 1. The van der Waals surface area contributed by atoms with E-state index in [9.17, 15) is 23.1 Å². The zero-order valence-corrected chi connectivity index (χ0v) is 18.3. The zero-order valence-electron chi connectivity index (χ0n) is 16.7. The van der Waals surface area contributed by atoms with Gasteiger partial charge < -0.3 is 9.84 Å². The van der Waals surface area contributed by atoms with Crippen molar-refractivity contribution in [1.29, 1.82) is 0 Å². The summed E-state index contributed by atoms with van der Waals surface area (Å²) in [6, 6.07) is 15.0. The van der Waals surface area contributed by atoms with Crippen LogP contribution in [0.1, 0.15) is 16.1 Å². The number of urea groups is 1. The Kier molecular flexibility index (Phi) is 7.28. The third-order valence-electron chi connectivity index (χ3n) is 3.95. The Morgan fingerprint density at radius 3 is 2.44 bits per heavy atom. The first kappa shape index (κ1) is 23.0. The average molecular weight is 475 g/mol. The number of amides is 2. The highest BCUT2D eigenvalue weighted by Gasteiger charge is 2.24. The van der Waals surface area contributed by atoms with Crippen LogP contribution in [-0.2, 0) is 15.8 Å². The number of hydrogen-bond acceptors (Lipinski definition) is 8. The van der Waals surface area contributed by atoms with Gasteiger partial charge in [-0.3, -0.25) is 5.32 Å². The fraction of sp³-hybridized carbons (Fsp3) is 0.100. The van der Waals surface area contributed by atoms with E-state index in [-0.39, 0.29) is 11.8 Å². The van der Waals surface area contributed by atoms with Gasteiger partial charge in [0.05, 0.1) is 18.4 Å². The molecular weight excluding hydrogens is 456 g/mol. The normalized spacial score (nSPS) is 10.9. The van der Waals surface area contributed by atoms with E-state index in [1.54, 1.807) is 10.8 Å². The van der Waals surface area contributed by atoms with Crippen molar-refractivity contribution in [3.63, 3.8) is 0 Å². The summed E-state index contributed by atoms with van der Waals surface area (Å²) in [5, 5.41) is 11.4. The van der Waals surface area contributed by atoms with Crippen LogP contribution in [0.4, 0.5) is 10.7 Å². The summed E-state index contributed by atoms with van der Waals surface area (Å²) < 4.78 is 31.9. The van der Waals surface area contributed by atoms with Crippen molar-refractivity contribution in [2.75, 3.05) is 12.4 Å². The number of nitrogens with zero attached hydrogens (tertiary/aromatic N) is 2. The van der Waals surface area contributed by atoms with Crippen LogP contribution >= 0.6 is 11.8 Å². The monoisotopic (exact) mass is 474 g/mol. The van der Waals surface area contributed by atoms with Crippen LogP contribution in [-0.4, -0.2) is 42.6 Å². The lowest BCUT2D eigenvalue weighted by atomic mass is 10.2. The second-order valence-electron chi connectivity index (χ2n) is 6.19. The molecule has 0 unspecified atom stereocenters. The molecule has 0 fully saturated rings. The first-order valence-corrected chi connectivity index (χ1v) is 11.5. The number of carbonyl (C=O) groups excluding carboxylic acids is 1. The lowest BCUT2D eigenvalue weighted by Crippen LogP contribution is -2.35. The van der Waals surface area contributed by atoms with Crippen LogP contribution in [0.15, 0.2) is 70.5 Å². The number of sulfonamides is 1. The van der Waals surface area contributed by atoms with Crippen molar-refractivity contribution in [2.45, 2.75) is 15.5 Å². The molecule has 1 aromatic heterocycles. The van der Waals surface area contributed by atoms with Gasteiger partial charge >= 0.3 is 12.0 Å². The molecule has 3 N–H and O–H groups in total. The largest absolute Gasteiger partial charge is 0.481 e. The Balaban J connectivity index is 1.75. The number of thioether (sulfide) groups is 1. The Morgan fingerprint density at radius 1 is 1.06 bits per heavy atom. The second kappa shape index (κ2) is 10.1. The smallest absolute Gasteiger partial charge is 0.337 e. The summed E-state index contributed by atoms with van der Waals surface area (Å²) in [7, 11) is -3.06. The number of rotatable bonds is 8. The summed E-state index contributed by atoms with van der Waals surface area (Å²) in [5.41, 5.74) is 0.0748. The predicted molar refractivity (Wildman–Crippen MR) is 117 cm³/mol. The van der Waals surface area contributed by atoms with Gasteiger partial charge in [0.15, 0.2) is 0 Å². The number of benzene rings is 2. The van der Waals surface area contributed by atoms with Crippen molar-refractivity contribution in [2.24, 2.45) is 0 Å². The number of nitrogens with one attached hydrogen (secondary N) is 2. The number of hydrogen-bond donors (Lipinski definition) is 3. The number of ether oxygens (including phenoxy) is 1. The molecule has 1 heterocycles. The zero-order chi connectivity index (χ0) is 23.1. The molecule has 0 aliphatic carbocycles. The van der Waals surface area contributed by atoms with Crippen molar-refractivity contribution in [1.82, 2.24) is 14.7 Å². The van der Waals surface area contributed by atoms with Gasteiger partial charge in [0.1, 0.15) is 4.90 Å². The van der Waals surface area contributed by atoms with Crippen molar-refractivity contribution >= 4 is 39.7 Å². The topological polar surface area (TPSA) is 148 Å². The molecule has 2 amide bonds. The van der Waals surface area contributed by atoms with Gasteiger partial charge in [-0.05, 0) is 24.3 Å². The van der Waals surface area contributed by atoms with Gasteiger partial charge in [-0.25, -0.2) is 27.7 Å². The lowest BCUT2D eigenvalue weighted by Gasteiger charge is -2.11. The summed E-state index contributed by atoms with van der Waals surface area (Å²) >= 11 is 1.51. The van der Waals surface area contributed by atoms with E-state index < -0.39 is 32.5 Å². The average Bonchev–Trinajstić information content (AvgIpc) is 2.77. The first-order valence-electron chi connectivity index (χ1n) is 9.04. The molecule has 3 aromatic rings. The van der Waals surface area contributed by atoms with E-state index in [0.29, 0.717) is 11.4 Å². The van der Waals surface area contributed by atoms with E-state index >= 15 is 0 Å². The molecule has 12 heteroatoms. The maximum atomic E-state index is 12.5. The predicted octanol–water partition coefficient (Wildman–Crippen LogP) is 2.99. The molecular formula is C20H18N4O6S2. The molecule has 0 saturated heterocycles. The van der Waals surface area contributed by atoms with Gasteiger partial charge in [-0.15, -0.1) is 11.8 Å². The van der Waals surface area contributed by atoms with Gasteiger partial charge in [0.2, 0.25) is 11.8 Å². The van der Waals surface area contributed by atoms with Gasteiger partial charge in [0.25, 0.3) is 10.0 Å². The van der Waals surface area contributed by atoms with Crippen molar-refractivity contribution in [3.05, 3.63) is 71.9 Å². The summed E-state index contributed by atoms with van der Waals surface area (Å²) in [5.74, 6) is -0.989. The minimum Gasteiger partial charge on any atom is -0.481 e. The molecule has 3 rings (SSSR count). The standard InChI is InChI=1S/C20H18N4O6S2/c1-30-17-11-13(12-31-14-7-3-2-4-8-14)21-19(22-17)23-20(27)24-32(28,29)16-10-6-5-9-15(16)18(25)26/h2-11H,12H2,1H3,(H,25,26)(H2,21,22,23,24,27). The first-order chi connectivity index (χ1) is 15.3. The van der Waals surface area contributed by atoms with Crippen LogP contribution in [0.25, 0.3) is 0 Å². The minimum atomic E-state index is -4.46. The molecule has 0 radical (unpaired) electrons. The highest BCUT2D eigenvalue weighted by molar-refractivity contribution is 7.98. The molecule has 2 aromatic carbocycles. The fourth-order valence-corrected chi connectivity index (χ4v) is 4.48. The van der Waals surface area contributed by atoms with Crippen LogP contribution < -0.4 is 14.8 Å². The van der Waals surface area contributed by atoms with Crippen molar-refractivity contribution < 1.29 is 27.9 Å². The molecule has 0 saturated carbocycles. The summed E-state index contributed by atoms with van der Waals surface area (Å²) in [4.78, 5) is 32.3. The highest BCUT2D eigenvalue weighted by atomic mass is 32.2. The number of aromatic carboxylic acids is 1. The Hall–Kier alpha value is -3.64. The summed E-state index contributed by atoms with van der Waals surface area (Å²) in [6.45, 7) is 0. The third-order valence-corrected chi connectivity index (χ3v) is 6.39. The number of carboxylic acid groups (broad SMARTS) is 1. The van der Waals surface area contributed by atoms with Crippen LogP contribution in [0.3, 0.4) is 0 Å². The Bertz CT molecular complexity index is 1240. The number of aromatic nitrogens is 2. The quantitative estimate of drug-likeness (QED) is 0.419. The maximum Gasteiger partial charge on any atom is 0.337 e. The van der Waals surface area contributed by atoms with Gasteiger partial charge in [-0.1, -0.05) is 30.3 Å². The van der Waals surface area contributed by atoms with E-state index in [1.807, 2.05) is 30.3 Å². The SMILES string of the molecule is COc1cc(CSc2ccccc2)nc(NC(=O)NS(=O)(=O)c2ccccc2C(=O)O)n1. The van der Waals surface area contributed by atoms with E-state index in [1.165, 1.54) is 31.0 Å². The number of methoxy groups -OCH3 is 1. The van der Waals surface area contributed by atoms with E-state index in [4.69, 9.17) is 4.74 Å². The molecule has 0 bridgehead atoms.